The van der Waals surface area contributed by atoms with Crippen LogP contribution in [0.4, 0.5) is 0 Å². The second-order valence-corrected chi connectivity index (χ2v) is 11.9. The minimum Gasteiger partial charge on any atom is -0.547 e. The Labute approximate surface area is 135 Å². The Morgan fingerprint density at radius 3 is 2.14 bits per heavy atom. The van der Waals surface area contributed by atoms with E-state index in [0.29, 0.717) is 6.42 Å². The van der Waals surface area contributed by atoms with Gasteiger partial charge in [0.05, 0.1) is 18.0 Å². The average Bonchev–Trinajstić information content (AvgIpc) is 2.39. The van der Waals surface area contributed by atoms with Gasteiger partial charge in [-0.1, -0.05) is 6.92 Å². The first-order chi connectivity index (χ1) is 10.0. The number of hydrogen-bond acceptors (Lipinski definition) is 5. The zero-order valence-corrected chi connectivity index (χ0v) is 16.1. The predicted molar refractivity (Wildman–Crippen MR) is 86.9 cm³/mol. The van der Waals surface area contributed by atoms with E-state index in [4.69, 9.17) is 23.4 Å². The molecule has 0 bridgehead atoms. The molecular weight excluding hydrogens is 300 g/mol. The van der Waals surface area contributed by atoms with Crippen LogP contribution in [0.1, 0.15) is 27.2 Å². The van der Waals surface area contributed by atoms with Gasteiger partial charge in [0.2, 0.25) is 19.9 Å². The van der Waals surface area contributed by atoms with E-state index >= 15 is 0 Å². The summed E-state index contributed by atoms with van der Waals surface area (Å²) in [5.41, 5.74) is 0. The summed E-state index contributed by atoms with van der Waals surface area (Å²) >= 11 is 0. The summed E-state index contributed by atoms with van der Waals surface area (Å²) in [6, 6.07) is 0. The van der Waals surface area contributed by atoms with E-state index in [1.54, 1.807) is 14.2 Å². The smallest absolute Gasteiger partial charge is 0.241 e. The lowest BCUT2D eigenvalue weighted by Crippen LogP contribution is -2.66. The van der Waals surface area contributed by atoms with Crippen molar-refractivity contribution in [3.8, 4) is 0 Å². The van der Waals surface area contributed by atoms with Crippen LogP contribution in [-0.2, 0) is 23.4 Å². The highest BCUT2D eigenvalue weighted by molar-refractivity contribution is 6.70. The van der Waals surface area contributed by atoms with Gasteiger partial charge in [0, 0.05) is 26.6 Å². The largest absolute Gasteiger partial charge is 0.547 e. The summed E-state index contributed by atoms with van der Waals surface area (Å²) in [5.74, 6) is -0.691. The Morgan fingerprint density at radius 1 is 1.09 bits per heavy atom. The SMILES string of the molecule is CO[C@@]1(C)O[C@@H]2[C@@H](C)C=C(O[Si](C)(C)C)C[C@H]2O[C@]1(C)OC. The number of fused-ring (bicyclic) bond motifs is 1. The molecule has 6 heteroatoms. The highest BCUT2D eigenvalue weighted by Gasteiger charge is 2.58. The van der Waals surface area contributed by atoms with Gasteiger partial charge < -0.3 is 23.4 Å². The van der Waals surface area contributed by atoms with Crippen molar-refractivity contribution in [3.63, 3.8) is 0 Å². The van der Waals surface area contributed by atoms with Gasteiger partial charge in [-0.2, -0.15) is 0 Å². The Hall–Kier alpha value is -0.403. The molecule has 128 valence electrons. The van der Waals surface area contributed by atoms with Crippen molar-refractivity contribution in [2.75, 3.05) is 14.2 Å². The minimum absolute atomic E-state index is 0.0674. The molecule has 0 amide bonds. The van der Waals surface area contributed by atoms with E-state index in [-0.39, 0.29) is 18.1 Å². The minimum atomic E-state index is -1.63. The lowest BCUT2D eigenvalue weighted by Gasteiger charge is -2.54. The van der Waals surface area contributed by atoms with Crippen LogP contribution < -0.4 is 0 Å². The van der Waals surface area contributed by atoms with Crippen LogP contribution in [0.25, 0.3) is 0 Å². The van der Waals surface area contributed by atoms with E-state index in [1.807, 2.05) is 13.8 Å². The van der Waals surface area contributed by atoms with Crippen LogP contribution in [0.15, 0.2) is 11.8 Å². The number of ether oxygens (including phenoxy) is 4. The predicted octanol–water partition coefficient (Wildman–Crippen LogP) is 3.27. The van der Waals surface area contributed by atoms with Gasteiger partial charge in [0.25, 0.3) is 0 Å². The fourth-order valence-electron chi connectivity index (χ4n) is 3.10. The highest BCUT2D eigenvalue weighted by atomic mass is 28.4. The number of hydrogen-bond donors (Lipinski definition) is 0. The maximum atomic E-state index is 6.27. The molecule has 0 N–H and O–H groups in total. The van der Waals surface area contributed by atoms with Gasteiger partial charge in [-0.3, -0.25) is 0 Å². The van der Waals surface area contributed by atoms with Gasteiger partial charge >= 0.3 is 0 Å². The molecule has 2 rings (SSSR count). The quantitative estimate of drug-likeness (QED) is 0.740. The molecule has 0 aromatic rings. The van der Waals surface area contributed by atoms with E-state index in [1.165, 1.54) is 0 Å². The van der Waals surface area contributed by atoms with Crippen molar-refractivity contribution in [3.05, 3.63) is 11.8 Å². The molecule has 1 heterocycles. The monoisotopic (exact) mass is 330 g/mol. The van der Waals surface area contributed by atoms with Gasteiger partial charge in [0.1, 0.15) is 0 Å². The third kappa shape index (κ3) is 3.26. The number of methoxy groups -OCH3 is 2. The molecular formula is C16H30O5Si. The van der Waals surface area contributed by atoms with Crippen LogP contribution in [0, 0.1) is 5.92 Å². The maximum absolute atomic E-state index is 6.27. The summed E-state index contributed by atoms with van der Waals surface area (Å²) in [6.45, 7) is 12.4. The Bertz CT molecular complexity index is 446. The molecule has 2 aliphatic rings. The van der Waals surface area contributed by atoms with Crippen LogP contribution in [0.3, 0.4) is 0 Å². The molecule has 22 heavy (non-hydrogen) atoms. The molecule has 1 saturated heterocycles. The Balaban J connectivity index is 2.24. The van der Waals surface area contributed by atoms with Gasteiger partial charge in [-0.25, -0.2) is 0 Å². The van der Waals surface area contributed by atoms with Crippen molar-refractivity contribution < 1.29 is 23.4 Å². The molecule has 0 spiro atoms. The van der Waals surface area contributed by atoms with Gasteiger partial charge in [0.15, 0.2) is 0 Å². The molecule has 0 aromatic carbocycles. The van der Waals surface area contributed by atoms with Crippen LogP contribution in [0.2, 0.25) is 19.6 Å². The highest BCUT2D eigenvalue weighted by Crippen LogP contribution is 2.44. The molecule has 5 nitrogen and oxygen atoms in total. The third-order valence-electron chi connectivity index (χ3n) is 4.51. The molecule has 0 unspecified atom stereocenters. The average molecular weight is 330 g/mol. The van der Waals surface area contributed by atoms with Crippen molar-refractivity contribution >= 4 is 8.32 Å². The zero-order valence-electron chi connectivity index (χ0n) is 15.1. The molecule has 1 aliphatic carbocycles. The van der Waals surface area contributed by atoms with E-state index in [2.05, 4.69) is 32.6 Å². The third-order valence-corrected chi connectivity index (χ3v) is 5.39. The summed E-state index contributed by atoms with van der Waals surface area (Å²) in [6.07, 6.45) is 2.70. The molecule has 1 fully saturated rings. The second-order valence-electron chi connectivity index (χ2n) is 7.45. The molecule has 5 atom stereocenters. The first kappa shape index (κ1) is 17.9. The normalized spacial score (nSPS) is 42.5. The van der Waals surface area contributed by atoms with E-state index in [0.717, 1.165) is 5.76 Å². The molecule has 0 radical (unpaired) electrons. The summed E-state index contributed by atoms with van der Waals surface area (Å²) in [7, 11) is 1.60. The maximum Gasteiger partial charge on any atom is 0.241 e. The Kier molecular flexibility index (Phi) is 4.82. The summed E-state index contributed by atoms with van der Waals surface area (Å²) < 4.78 is 29.9. The van der Waals surface area contributed by atoms with E-state index in [9.17, 15) is 0 Å². The standard InChI is InChI=1S/C16H30O5Si/c1-11-9-12(21-22(6,7)8)10-13-14(11)20-16(3,18-5)15(2,17-4)19-13/h9,11,13-14H,10H2,1-8H3/t11-,13+,14+,15-,16-/m0/s1. The van der Waals surface area contributed by atoms with E-state index < -0.39 is 19.9 Å². The second kappa shape index (κ2) is 5.91. The van der Waals surface area contributed by atoms with Gasteiger partial charge in [-0.05, 0) is 39.6 Å². The van der Waals surface area contributed by atoms with Crippen molar-refractivity contribution in [2.45, 2.75) is 70.6 Å². The van der Waals surface area contributed by atoms with Crippen molar-refractivity contribution in [1.29, 1.82) is 0 Å². The van der Waals surface area contributed by atoms with Gasteiger partial charge in [-0.15, -0.1) is 0 Å². The lowest BCUT2D eigenvalue weighted by molar-refractivity contribution is -0.451. The van der Waals surface area contributed by atoms with Crippen LogP contribution >= 0.6 is 0 Å². The topological polar surface area (TPSA) is 46.2 Å². The van der Waals surface area contributed by atoms with Crippen molar-refractivity contribution in [2.24, 2.45) is 5.92 Å². The van der Waals surface area contributed by atoms with Crippen LogP contribution in [-0.4, -0.2) is 46.3 Å². The molecule has 0 saturated carbocycles. The lowest BCUT2D eigenvalue weighted by atomic mass is 9.88. The molecule has 0 aromatic heterocycles. The van der Waals surface area contributed by atoms with Crippen molar-refractivity contribution in [1.82, 2.24) is 0 Å². The fraction of sp³-hybridized carbons (Fsp3) is 0.875. The zero-order chi connectivity index (χ0) is 16.8. The summed E-state index contributed by atoms with van der Waals surface area (Å²) in [4.78, 5) is 0. The molecule has 1 aliphatic heterocycles. The number of rotatable bonds is 4. The first-order valence-electron chi connectivity index (χ1n) is 7.89. The fourth-order valence-corrected chi connectivity index (χ4v) is 4.04. The van der Waals surface area contributed by atoms with Crippen LogP contribution in [0.5, 0.6) is 0 Å². The Morgan fingerprint density at radius 2 is 1.64 bits per heavy atom. The summed E-state index contributed by atoms with van der Waals surface area (Å²) in [5, 5.41) is 0. The first-order valence-corrected chi connectivity index (χ1v) is 11.3.